The molecule has 1 aromatic heterocycles. The van der Waals surface area contributed by atoms with Crippen LogP contribution in [0.5, 0.6) is 0 Å². The zero-order chi connectivity index (χ0) is 12.2. The SMILES string of the molecule is CC(O)(CCCC(F)(F)F)Cc1ccco1. The Kier molecular flexibility index (Phi) is 4.02. The molecule has 0 aromatic carbocycles. The van der Waals surface area contributed by atoms with Gasteiger partial charge in [-0.05, 0) is 31.9 Å². The Balaban J connectivity index is 2.34. The summed E-state index contributed by atoms with van der Waals surface area (Å²) in [5.74, 6) is 0.581. The Labute approximate surface area is 92.1 Å². The van der Waals surface area contributed by atoms with Crippen LogP contribution in [-0.4, -0.2) is 16.9 Å². The summed E-state index contributed by atoms with van der Waals surface area (Å²) >= 11 is 0. The van der Waals surface area contributed by atoms with Gasteiger partial charge in [-0.25, -0.2) is 0 Å². The lowest BCUT2D eigenvalue weighted by atomic mass is 9.94. The quantitative estimate of drug-likeness (QED) is 0.850. The highest BCUT2D eigenvalue weighted by atomic mass is 19.4. The van der Waals surface area contributed by atoms with Crippen molar-refractivity contribution in [1.82, 2.24) is 0 Å². The predicted octanol–water partition coefficient (Wildman–Crippen LogP) is 3.31. The molecule has 0 radical (unpaired) electrons. The topological polar surface area (TPSA) is 33.4 Å². The van der Waals surface area contributed by atoms with Gasteiger partial charge in [0.15, 0.2) is 0 Å². The molecule has 0 fully saturated rings. The molecule has 1 atom stereocenters. The summed E-state index contributed by atoms with van der Waals surface area (Å²) in [7, 11) is 0. The number of aliphatic hydroxyl groups is 1. The largest absolute Gasteiger partial charge is 0.469 e. The number of hydrogen-bond acceptors (Lipinski definition) is 2. The zero-order valence-electron chi connectivity index (χ0n) is 9.05. The van der Waals surface area contributed by atoms with Crippen molar-refractivity contribution < 1.29 is 22.7 Å². The van der Waals surface area contributed by atoms with Crippen LogP contribution in [0, 0.1) is 0 Å². The van der Waals surface area contributed by atoms with Crippen LogP contribution in [0.15, 0.2) is 22.8 Å². The van der Waals surface area contributed by atoms with Crippen molar-refractivity contribution in [2.45, 2.75) is 44.4 Å². The fourth-order valence-corrected chi connectivity index (χ4v) is 1.55. The number of alkyl halides is 3. The highest BCUT2D eigenvalue weighted by Gasteiger charge is 2.29. The molecule has 1 aromatic rings. The van der Waals surface area contributed by atoms with Crippen molar-refractivity contribution in [2.24, 2.45) is 0 Å². The van der Waals surface area contributed by atoms with Crippen molar-refractivity contribution in [3.8, 4) is 0 Å². The minimum Gasteiger partial charge on any atom is -0.469 e. The minimum atomic E-state index is -4.15. The lowest BCUT2D eigenvalue weighted by Crippen LogP contribution is -2.27. The standard InChI is InChI=1S/C11H15F3O2/c1-10(15,5-3-6-11(12,13)14)8-9-4-2-7-16-9/h2,4,7,15H,3,5-6,8H2,1H3. The Hall–Kier alpha value is -0.970. The first-order valence-corrected chi connectivity index (χ1v) is 5.10. The van der Waals surface area contributed by atoms with Crippen LogP contribution in [0.2, 0.25) is 0 Å². The molecular weight excluding hydrogens is 221 g/mol. The molecule has 2 nitrogen and oxygen atoms in total. The average molecular weight is 236 g/mol. The van der Waals surface area contributed by atoms with Crippen LogP contribution in [0.3, 0.4) is 0 Å². The number of halogens is 3. The summed E-state index contributed by atoms with van der Waals surface area (Å²) in [6.45, 7) is 1.52. The third-order valence-corrected chi connectivity index (χ3v) is 2.31. The van der Waals surface area contributed by atoms with Crippen molar-refractivity contribution >= 4 is 0 Å². The fourth-order valence-electron chi connectivity index (χ4n) is 1.55. The van der Waals surface area contributed by atoms with E-state index in [1.165, 1.54) is 13.2 Å². The zero-order valence-corrected chi connectivity index (χ0v) is 9.05. The Morgan fingerprint density at radius 3 is 2.50 bits per heavy atom. The Morgan fingerprint density at radius 2 is 2.00 bits per heavy atom. The van der Waals surface area contributed by atoms with Crippen molar-refractivity contribution in [2.75, 3.05) is 0 Å². The Bertz CT molecular complexity index is 302. The third-order valence-electron chi connectivity index (χ3n) is 2.31. The van der Waals surface area contributed by atoms with Crippen LogP contribution in [-0.2, 0) is 6.42 Å². The van der Waals surface area contributed by atoms with Crippen LogP contribution >= 0.6 is 0 Å². The molecule has 1 unspecified atom stereocenters. The summed E-state index contributed by atoms with van der Waals surface area (Å²) in [5.41, 5.74) is -1.15. The molecule has 92 valence electrons. The lowest BCUT2D eigenvalue weighted by molar-refractivity contribution is -0.137. The van der Waals surface area contributed by atoms with Gasteiger partial charge in [-0.1, -0.05) is 0 Å². The van der Waals surface area contributed by atoms with E-state index in [0.29, 0.717) is 5.76 Å². The number of hydrogen-bond donors (Lipinski definition) is 1. The molecule has 5 heteroatoms. The fraction of sp³-hybridized carbons (Fsp3) is 0.636. The molecular formula is C11H15F3O2. The van der Waals surface area contributed by atoms with Gasteiger partial charge in [0.1, 0.15) is 5.76 Å². The minimum absolute atomic E-state index is 0.0722. The number of furan rings is 1. The van der Waals surface area contributed by atoms with Gasteiger partial charge in [0.2, 0.25) is 0 Å². The summed E-state index contributed by atoms with van der Waals surface area (Å²) in [6, 6.07) is 3.37. The van der Waals surface area contributed by atoms with E-state index in [2.05, 4.69) is 0 Å². The molecule has 16 heavy (non-hydrogen) atoms. The second kappa shape index (κ2) is 4.91. The summed E-state index contributed by atoms with van der Waals surface area (Å²) in [5, 5.41) is 9.86. The molecule has 0 amide bonds. The first kappa shape index (κ1) is 13.1. The van der Waals surface area contributed by atoms with E-state index in [-0.39, 0.29) is 19.3 Å². The molecule has 0 bridgehead atoms. The van der Waals surface area contributed by atoms with Gasteiger partial charge in [0.05, 0.1) is 11.9 Å². The van der Waals surface area contributed by atoms with Gasteiger partial charge in [0, 0.05) is 12.8 Å². The van der Waals surface area contributed by atoms with E-state index in [4.69, 9.17) is 4.42 Å². The smallest absolute Gasteiger partial charge is 0.389 e. The Morgan fingerprint density at radius 1 is 1.31 bits per heavy atom. The van der Waals surface area contributed by atoms with E-state index in [0.717, 1.165) is 0 Å². The van der Waals surface area contributed by atoms with Gasteiger partial charge < -0.3 is 9.52 Å². The maximum Gasteiger partial charge on any atom is 0.389 e. The monoisotopic (exact) mass is 236 g/mol. The number of rotatable bonds is 5. The first-order valence-electron chi connectivity index (χ1n) is 5.10. The molecule has 0 aliphatic rings. The first-order chi connectivity index (χ1) is 7.29. The van der Waals surface area contributed by atoms with Gasteiger partial charge >= 0.3 is 6.18 Å². The molecule has 1 N–H and O–H groups in total. The van der Waals surface area contributed by atoms with E-state index in [1.54, 1.807) is 12.1 Å². The molecule has 1 heterocycles. The van der Waals surface area contributed by atoms with E-state index in [1.807, 2.05) is 0 Å². The maximum absolute atomic E-state index is 11.9. The molecule has 1 rings (SSSR count). The van der Waals surface area contributed by atoms with Crippen LogP contribution in [0.25, 0.3) is 0 Å². The highest BCUT2D eigenvalue weighted by molar-refractivity contribution is 5.02. The van der Waals surface area contributed by atoms with Gasteiger partial charge in [-0.15, -0.1) is 0 Å². The van der Waals surface area contributed by atoms with E-state index in [9.17, 15) is 18.3 Å². The summed E-state index contributed by atoms with van der Waals surface area (Å²) < 4.78 is 40.8. The van der Waals surface area contributed by atoms with Crippen LogP contribution in [0.1, 0.15) is 31.9 Å². The van der Waals surface area contributed by atoms with Crippen molar-refractivity contribution in [1.29, 1.82) is 0 Å². The second-order valence-corrected chi connectivity index (χ2v) is 4.22. The maximum atomic E-state index is 11.9. The molecule has 0 saturated carbocycles. The summed E-state index contributed by atoms with van der Waals surface area (Å²) in [4.78, 5) is 0. The molecule has 0 spiro atoms. The second-order valence-electron chi connectivity index (χ2n) is 4.22. The van der Waals surface area contributed by atoms with Gasteiger partial charge in [0.25, 0.3) is 0 Å². The average Bonchev–Trinajstić information content (AvgIpc) is 2.52. The van der Waals surface area contributed by atoms with E-state index >= 15 is 0 Å². The lowest BCUT2D eigenvalue weighted by Gasteiger charge is -2.22. The molecule has 0 aliphatic carbocycles. The van der Waals surface area contributed by atoms with Crippen LogP contribution < -0.4 is 0 Å². The normalized spacial score (nSPS) is 16.1. The summed E-state index contributed by atoms with van der Waals surface area (Å²) in [6.07, 6.45) is -3.27. The van der Waals surface area contributed by atoms with E-state index < -0.39 is 18.2 Å². The van der Waals surface area contributed by atoms with Gasteiger partial charge in [-0.2, -0.15) is 13.2 Å². The van der Waals surface area contributed by atoms with Crippen molar-refractivity contribution in [3.63, 3.8) is 0 Å². The molecule has 0 aliphatic heterocycles. The third kappa shape index (κ3) is 5.21. The van der Waals surface area contributed by atoms with Crippen molar-refractivity contribution in [3.05, 3.63) is 24.2 Å². The highest BCUT2D eigenvalue weighted by Crippen LogP contribution is 2.26. The predicted molar refractivity (Wildman–Crippen MR) is 52.9 cm³/mol. The van der Waals surface area contributed by atoms with Crippen LogP contribution in [0.4, 0.5) is 13.2 Å². The molecule has 0 saturated heterocycles. The van der Waals surface area contributed by atoms with Gasteiger partial charge in [-0.3, -0.25) is 0 Å².